The van der Waals surface area contributed by atoms with Crippen LogP contribution in [0.15, 0.2) is 6.07 Å². The summed E-state index contributed by atoms with van der Waals surface area (Å²) in [6.45, 7) is 3.90. The van der Waals surface area contributed by atoms with Crippen molar-refractivity contribution < 1.29 is 9.90 Å². The van der Waals surface area contributed by atoms with Crippen molar-refractivity contribution in [2.45, 2.75) is 32.7 Å². The highest BCUT2D eigenvalue weighted by atomic mass is 32.1. The van der Waals surface area contributed by atoms with Crippen molar-refractivity contribution in [2.24, 2.45) is 5.92 Å². The Hall–Kier alpha value is -1.31. The Labute approximate surface area is 118 Å². The molecule has 102 valence electrons. The molecule has 1 aliphatic rings. The van der Waals surface area contributed by atoms with Crippen LogP contribution in [-0.2, 0) is 0 Å². The molecule has 1 fully saturated rings. The second kappa shape index (κ2) is 5.77. The maximum Gasteiger partial charge on any atom is 0.263 e. The molecule has 1 aromatic heterocycles. The normalized spacial score (nSPS) is 15.6. The molecule has 2 rings (SSSR count). The van der Waals surface area contributed by atoms with Crippen molar-refractivity contribution in [3.63, 3.8) is 0 Å². The highest BCUT2D eigenvalue weighted by Crippen LogP contribution is 2.35. The molecule has 0 spiro atoms. The molecule has 0 aliphatic heterocycles. The number of hydrogen-bond acceptors (Lipinski definition) is 3. The summed E-state index contributed by atoms with van der Waals surface area (Å²) in [5.74, 6) is 6.26. The first-order valence-electron chi connectivity index (χ1n) is 6.52. The van der Waals surface area contributed by atoms with Crippen LogP contribution in [0.3, 0.4) is 0 Å². The van der Waals surface area contributed by atoms with E-state index in [1.165, 1.54) is 24.2 Å². The summed E-state index contributed by atoms with van der Waals surface area (Å²) < 4.78 is 0. The van der Waals surface area contributed by atoms with Crippen LogP contribution in [0.4, 0.5) is 0 Å². The molecule has 1 heterocycles. The van der Waals surface area contributed by atoms with E-state index in [1.807, 2.05) is 24.9 Å². The lowest BCUT2D eigenvalue weighted by molar-refractivity contribution is 0.0732. The molecule has 1 aromatic rings. The SMILES string of the molecule is Cc1cc(C(=O)N(C)C(C)C2CC2)sc1C#CCO. The van der Waals surface area contributed by atoms with Crippen molar-refractivity contribution in [1.29, 1.82) is 0 Å². The predicted octanol–water partition coefficient (Wildman–Crippen LogP) is 2.27. The number of hydrogen-bond donors (Lipinski definition) is 1. The standard InChI is InChI=1S/C15H19NO2S/c1-10-9-14(19-13(10)5-4-8-17)15(18)16(3)11(2)12-6-7-12/h9,11-12,17H,6-8H2,1-3H3. The molecule has 19 heavy (non-hydrogen) atoms. The summed E-state index contributed by atoms with van der Waals surface area (Å²) >= 11 is 1.41. The summed E-state index contributed by atoms with van der Waals surface area (Å²) in [6, 6.07) is 2.20. The van der Waals surface area contributed by atoms with E-state index in [1.54, 1.807) is 0 Å². The van der Waals surface area contributed by atoms with Crippen LogP contribution >= 0.6 is 11.3 Å². The third-order valence-corrected chi connectivity index (χ3v) is 4.79. The zero-order valence-electron chi connectivity index (χ0n) is 11.6. The third kappa shape index (κ3) is 3.17. The van der Waals surface area contributed by atoms with Gasteiger partial charge in [0.05, 0.1) is 9.75 Å². The topological polar surface area (TPSA) is 40.5 Å². The number of carbonyl (C=O) groups is 1. The largest absolute Gasteiger partial charge is 0.384 e. The molecule has 3 nitrogen and oxygen atoms in total. The van der Waals surface area contributed by atoms with Gasteiger partial charge in [-0.25, -0.2) is 0 Å². The van der Waals surface area contributed by atoms with Crippen LogP contribution in [0.1, 0.15) is 39.9 Å². The monoisotopic (exact) mass is 277 g/mol. The van der Waals surface area contributed by atoms with Crippen molar-refractivity contribution in [3.05, 3.63) is 21.4 Å². The lowest BCUT2D eigenvalue weighted by Gasteiger charge is -2.24. The van der Waals surface area contributed by atoms with E-state index in [2.05, 4.69) is 18.8 Å². The van der Waals surface area contributed by atoms with Gasteiger partial charge in [-0.3, -0.25) is 4.79 Å². The van der Waals surface area contributed by atoms with E-state index in [9.17, 15) is 4.79 Å². The lowest BCUT2D eigenvalue weighted by atomic mass is 10.2. The van der Waals surface area contributed by atoms with Gasteiger partial charge in [-0.15, -0.1) is 11.3 Å². The minimum atomic E-state index is -0.154. The molecule has 1 unspecified atom stereocenters. The Morgan fingerprint density at radius 2 is 2.32 bits per heavy atom. The summed E-state index contributed by atoms with van der Waals surface area (Å²) in [5.41, 5.74) is 1.00. The molecule has 1 aliphatic carbocycles. The molecule has 0 radical (unpaired) electrons. The average Bonchev–Trinajstić information content (AvgIpc) is 3.18. The number of aliphatic hydroxyl groups is 1. The van der Waals surface area contributed by atoms with Crippen LogP contribution < -0.4 is 0 Å². The number of aryl methyl sites for hydroxylation is 1. The molecular weight excluding hydrogens is 258 g/mol. The number of carbonyl (C=O) groups excluding carboxylic acids is 1. The van der Waals surface area contributed by atoms with E-state index in [4.69, 9.17) is 5.11 Å². The average molecular weight is 277 g/mol. The third-order valence-electron chi connectivity index (χ3n) is 3.65. The fraction of sp³-hybridized carbons (Fsp3) is 0.533. The van der Waals surface area contributed by atoms with Crippen LogP contribution in [0, 0.1) is 24.7 Å². The Kier molecular flexibility index (Phi) is 4.28. The summed E-state index contributed by atoms with van der Waals surface area (Å²) in [4.78, 5) is 15.8. The minimum absolute atomic E-state index is 0.0737. The minimum Gasteiger partial charge on any atom is -0.384 e. The van der Waals surface area contributed by atoms with E-state index in [-0.39, 0.29) is 12.5 Å². The van der Waals surface area contributed by atoms with Gasteiger partial charge in [0, 0.05) is 13.1 Å². The zero-order chi connectivity index (χ0) is 14.0. The fourth-order valence-corrected chi connectivity index (χ4v) is 3.12. The maximum atomic E-state index is 12.4. The number of rotatable bonds is 3. The predicted molar refractivity (Wildman–Crippen MR) is 77.3 cm³/mol. The van der Waals surface area contributed by atoms with Crippen LogP contribution in [0.25, 0.3) is 0 Å². The Morgan fingerprint density at radius 3 is 2.89 bits per heavy atom. The van der Waals surface area contributed by atoms with Crippen molar-refractivity contribution in [1.82, 2.24) is 4.90 Å². The lowest BCUT2D eigenvalue weighted by Crippen LogP contribution is -2.35. The van der Waals surface area contributed by atoms with Gasteiger partial charge >= 0.3 is 0 Å². The quantitative estimate of drug-likeness (QED) is 0.861. The van der Waals surface area contributed by atoms with Gasteiger partial charge in [0.2, 0.25) is 0 Å². The van der Waals surface area contributed by atoms with Gasteiger partial charge in [0.25, 0.3) is 5.91 Å². The highest BCUT2D eigenvalue weighted by Gasteiger charge is 2.33. The second-order valence-electron chi connectivity index (χ2n) is 5.08. The van der Waals surface area contributed by atoms with Gasteiger partial charge in [-0.05, 0) is 44.2 Å². The van der Waals surface area contributed by atoms with Crippen LogP contribution in [0.2, 0.25) is 0 Å². The number of amides is 1. The number of nitrogens with zero attached hydrogens (tertiary/aromatic N) is 1. The molecule has 1 amide bonds. The van der Waals surface area contributed by atoms with Gasteiger partial charge < -0.3 is 10.0 Å². The second-order valence-corrected chi connectivity index (χ2v) is 6.13. The molecule has 0 bridgehead atoms. The molecule has 1 atom stereocenters. The van der Waals surface area contributed by atoms with Crippen molar-refractivity contribution in [3.8, 4) is 11.8 Å². The van der Waals surface area contributed by atoms with E-state index in [0.717, 1.165) is 15.3 Å². The molecule has 1 saturated carbocycles. The number of aliphatic hydroxyl groups excluding tert-OH is 1. The zero-order valence-corrected chi connectivity index (χ0v) is 12.4. The molecule has 1 N–H and O–H groups in total. The summed E-state index contributed by atoms with van der Waals surface area (Å²) in [7, 11) is 1.87. The first-order chi connectivity index (χ1) is 9.04. The molecule has 0 aromatic carbocycles. The highest BCUT2D eigenvalue weighted by molar-refractivity contribution is 7.14. The number of thiophene rings is 1. The maximum absolute atomic E-state index is 12.4. The van der Waals surface area contributed by atoms with Gasteiger partial charge in [-0.1, -0.05) is 11.8 Å². The smallest absolute Gasteiger partial charge is 0.263 e. The van der Waals surface area contributed by atoms with Gasteiger partial charge in [0.15, 0.2) is 0 Å². The first-order valence-corrected chi connectivity index (χ1v) is 7.33. The van der Waals surface area contributed by atoms with Gasteiger partial charge in [0.1, 0.15) is 6.61 Å². The molecule has 4 heteroatoms. The van der Waals surface area contributed by atoms with Gasteiger partial charge in [-0.2, -0.15) is 0 Å². The Balaban J connectivity index is 2.14. The summed E-state index contributed by atoms with van der Waals surface area (Å²) in [5, 5.41) is 8.72. The van der Waals surface area contributed by atoms with Crippen LogP contribution in [0.5, 0.6) is 0 Å². The Morgan fingerprint density at radius 1 is 1.63 bits per heavy atom. The van der Waals surface area contributed by atoms with Crippen molar-refractivity contribution >= 4 is 17.2 Å². The van der Waals surface area contributed by atoms with E-state index < -0.39 is 0 Å². The Bertz CT molecular complexity index is 534. The summed E-state index contributed by atoms with van der Waals surface area (Å²) in [6.07, 6.45) is 2.46. The van der Waals surface area contributed by atoms with Crippen LogP contribution in [-0.4, -0.2) is 35.6 Å². The first kappa shape index (κ1) is 14.1. The van der Waals surface area contributed by atoms with E-state index >= 15 is 0 Å². The van der Waals surface area contributed by atoms with Crippen molar-refractivity contribution in [2.75, 3.05) is 13.7 Å². The molecular formula is C15H19NO2S. The van der Waals surface area contributed by atoms with E-state index in [0.29, 0.717) is 12.0 Å². The molecule has 0 saturated heterocycles. The fourth-order valence-electron chi connectivity index (χ4n) is 2.09.